The molecule has 2 aromatic rings. The van der Waals surface area contributed by atoms with Crippen molar-refractivity contribution in [3.63, 3.8) is 0 Å². The molecule has 0 saturated heterocycles. The van der Waals surface area contributed by atoms with Crippen molar-refractivity contribution in [1.82, 2.24) is 5.32 Å². The largest absolute Gasteiger partial charge is 0.496 e. The van der Waals surface area contributed by atoms with Gasteiger partial charge in [0.15, 0.2) is 0 Å². The number of nitrogens with one attached hydrogen (secondary N) is 1. The molecule has 0 saturated carbocycles. The highest BCUT2D eigenvalue weighted by Crippen LogP contribution is 2.27. The maximum Gasteiger partial charge on any atom is 0.123 e. The van der Waals surface area contributed by atoms with Gasteiger partial charge in [0.05, 0.1) is 13.2 Å². The van der Waals surface area contributed by atoms with Gasteiger partial charge in [0.25, 0.3) is 0 Å². The van der Waals surface area contributed by atoms with E-state index < -0.39 is 0 Å². The molecule has 2 rings (SSSR count). The minimum absolute atomic E-state index is 0.263. The summed E-state index contributed by atoms with van der Waals surface area (Å²) in [4.78, 5) is 0. The van der Waals surface area contributed by atoms with E-state index in [1.54, 1.807) is 7.11 Å². The highest BCUT2D eigenvalue weighted by atomic mass is 16.5. The van der Waals surface area contributed by atoms with Crippen molar-refractivity contribution in [3.05, 3.63) is 42.0 Å². The first kappa shape index (κ1) is 14.8. The Hall–Kier alpha value is -1.58. The van der Waals surface area contributed by atoms with Crippen LogP contribution in [0.25, 0.3) is 10.8 Å². The monoisotopic (exact) mass is 273 g/mol. The SMILES string of the molecule is COc1ccc2ccccc2c1CNC(C)CC(C)O. The molecule has 3 heteroatoms. The van der Waals surface area contributed by atoms with Crippen molar-refractivity contribution in [2.24, 2.45) is 0 Å². The first-order valence-electron chi connectivity index (χ1n) is 7.08. The Bertz CT molecular complexity index is 566. The van der Waals surface area contributed by atoms with E-state index in [-0.39, 0.29) is 12.1 Å². The molecule has 108 valence electrons. The lowest BCUT2D eigenvalue weighted by Gasteiger charge is -2.18. The van der Waals surface area contributed by atoms with Gasteiger partial charge in [-0.05, 0) is 37.1 Å². The number of methoxy groups -OCH3 is 1. The third-order valence-electron chi connectivity index (χ3n) is 3.54. The number of ether oxygens (including phenoxy) is 1. The van der Waals surface area contributed by atoms with Gasteiger partial charge < -0.3 is 15.2 Å². The summed E-state index contributed by atoms with van der Waals surface area (Å²) in [6.45, 7) is 4.64. The summed E-state index contributed by atoms with van der Waals surface area (Å²) in [7, 11) is 1.70. The van der Waals surface area contributed by atoms with E-state index in [2.05, 4.69) is 30.4 Å². The summed E-state index contributed by atoms with van der Waals surface area (Å²) in [6.07, 6.45) is 0.458. The average molecular weight is 273 g/mol. The van der Waals surface area contributed by atoms with Gasteiger partial charge in [0, 0.05) is 18.2 Å². The quantitative estimate of drug-likeness (QED) is 0.850. The molecule has 0 aliphatic rings. The van der Waals surface area contributed by atoms with Crippen LogP contribution in [0.2, 0.25) is 0 Å². The predicted molar refractivity (Wildman–Crippen MR) is 83.1 cm³/mol. The molecular formula is C17H23NO2. The maximum atomic E-state index is 9.43. The Morgan fingerprint density at radius 2 is 1.90 bits per heavy atom. The second-order valence-corrected chi connectivity index (χ2v) is 5.33. The Balaban J connectivity index is 2.23. The lowest BCUT2D eigenvalue weighted by molar-refractivity contribution is 0.170. The Morgan fingerprint density at radius 1 is 1.15 bits per heavy atom. The number of aliphatic hydroxyl groups is 1. The van der Waals surface area contributed by atoms with Gasteiger partial charge in [-0.25, -0.2) is 0 Å². The zero-order chi connectivity index (χ0) is 14.5. The van der Waals surface area contributed by atoms with Crippen LogP contribution in [0.1, 0.15) is 25.8 Å². The number of hydrogen-bond acceptors (Lipinski definition) is 3. The second kappa shape index (κ2) is 6.73. The van der Waals surface area contributed by atoms with Gasteiger partial charge in [0.1, 0.15) is 5.75 Å². The van der Waals surface area contributed by atoms with Gasteiger partial charge >= 0.3 is 0 Å². The fourth-order valence-corrected chi connectivity index (χ4v) is 2.56. The summed E-state index contributed by atoms with van der Waals surface area (Å²) in [5, 5.41) is 15.3. The summed E-state index contributed by atoms with van der Waals surface area (Å²) in [5.74, 6) is 0.903. The lowest BCUT2D eigenvalue weighted by atomic mass is 10.0. The third-order valence-corrected chi connectivity index (χ3v) is 3.54. The molecule has 2 unspecified atom stereocenters. The normalized spacial score (nSPS) is 14.2. The van der Waals surface area contributed by atoms with E-state index >= 15 is 0 Å². The van der Waals surface area contributed by atoms with Crippen molar-refractivity contribution in [2.45, 2.75) is 39.0 Å². The average Bonchev–Trinajstić information content (AvgIpc) is 2.43. The third kappa shape index (κ3) is 3.50. The molecule has 3 nitrogen and oxygen atoms in total. The molecule has 0 aliphatic heterocycles. The summed E-state index contributed by atoms with van der Waals surface area (Å²) >= 11 is 0. The minimum Gasteiger partial charge on any atom is -0.496 e. The van der Waals surface area contributed by atoms with Crippen LogP contribution in [0.15, 0.2) is 36.4 Å². The van der Waals surface area contributed by atoms with Gasteiger partial charge in [-0.2, -0.15) is 0 Å². The van der Waals surface area contributed by atoms with Crippen LogP contribution in [0.3, 0.4) is 0 Å². The van der Waals surface area contributed by atoms with Crippen LogP contribution in [0.4, 0.5) is 0 Å². The Morgan fingerprint density at radius 3 is 2.60 bits per heavy atom. The molecule has 20 heavy (non-hydrogen) atoms. The Labute approximate surface area is 120 Å². The van der Waals surface area contributed by atoms with Crippen molar-refractivity contribution in [1.29, 1.82) is 0 Å². The molecule has 0 radical (unpaired) electrons. The topological polar surface area (TPSA) is 41.5 Å². The molecule has 0 bridgehead atoms. The highest BCUT2D eigenvalue weighted by Gasteiger charge is 2.10. The van der Waals surface area contributed by atoms with E-state index in [4.69, 9.17) is 4.74 Å². The first-order chi connectivity index (χ1) is 9.61. The van der Waals surface area contributed by atoms with Gasteiger partial charge in [-0.15, -0.1) is 0 Å². The minimum atomic E-state index is -0.285. The maximum absolute atomic E-state index is 9.43. The van der Waals surface area contributed by atoms with Crippen LogP contribution in [0, 0.1) is 0 Å². The smallest absolute Gasteiger partial charge is 0.123 e. The van der Waals surface area contributed by atoms with E-state index in [0.717, 1.165) is 18.7 Å². The summed E-state index contributed by atoms with van der Waals surface area (Å²) < 4.78 is 5.48. The van der Waals surface area contributed by atoms with Gasteiger partial charge in [-0.3, -0.25) is 0 Å². The second-order valence-electron chi connectivity index (χ2n) is 5.33. The van der Waals surface area contributed by atoms with Crippen LogP contribution < -0.4 is 10.1 Å². The fraction of sp³-hybridized carbons (Fsp3) is 0.412. The molecule has 0 heterocycles. The number of hydrogen-bond donors (Lipinski definition) is 2. The van der Waals surface area contributed by atoms with Gasteiger partial charge in [-0.1, -0.05) is 30.3 Å². The number of benzene rings is 2. The van der Waals surface area contributed by atoms with Crippen LogP contribution in [0.5, 0.6) is 5.75 Å². The van der Waals surface area contributed by atoms with Crippen molar-refractivity contribution in [2.75, 3.05) is 7.11 Å². The lowest BCUT2D eigenvalue weighted by Crippen LogP contribution is -2.28. The van der Waals surface area contributed by atoms with Crippen molar-refractivity contribution in [3.8, 4) is 5.75 Å². The van der Waals surface area contributed by atoms with Crippen molar-refractivity contribution < 1.29 is 9.84 Å². The van der Waals surface area contributed by atoms with Crippen molar-refractivity contribution >= 4 is 10.8 Å². The van der Waals surface area contributed by atoms with E-state index in [1.807, 2.05) is 25.1 Å². The fourth-order valence-electron chi connectivity index (χ4n) is 2.56. The van der Waals surface area contributed by atoms with Gasteiger partial charge in [0.2, 0.25) is 0 Å². The molecular weight excluding hydrogens is 250 g/mol. The molecule has 0 aromatic heterocycles. The van der Waals surface area contributed by atoms with Crippen LogP contribution in [-0.4, -0.2) is 24.4 Å². The molecule has 0 fully saturated rings. The zero-order valence-corrected chi connectivity index (χ0v) is 12.4. The number of fused-ring (bicyclic) bond motifs is 1. The number of aliphatic hydroxyl groups excluding tert-OH is 1. The van der Waals surface area contributed by atoms with Crippen LogP contribution >= 0.6 is 0 Å². The predicted octanol–water partition coefficient (Wildman–Crippen LogP) is 3.10. The van der Waals surface area contributed by atoms with E-state index in [9.17, 15) is 5.11 Å². The van der Waals surface area contributed by atoms with Crippen LogP contribution in [-0.2, 0) is 6.54 Å². The molecule has 0 aliphatic carbocycles. The Kier molecular flexibility index (Phi) is 4.99. The number of rotatable bonds is 6. The van der Waals surface area contributed by atoms with E-state index in [0.29, 0.717) is 0 Å². The highest BCUT2D eigenvalue weighted by molar-refractivity contribution is 5.87. The summed E-state index contributed by atoms with van der Waals surface area (Å²) in [5.41, 5.74) is 1.17. The summed E-state index contributed by atoms with van der Waals surface area (Å²) in [6, 6.07) is 12.7. The molecule has 2 atom stereocenters. The molecule has 2 N–H and O–H groups in total. The molecule has 0 amide bonds. The molecule has 0 spiro atoms. The molecule has 2 aromatic carbocycles. The van der Waals surface area contributed by atoms with E-state index in [1.165, 1.54) is 16.3 Å². The zero-order valence-electron chi connectivity index (χ0n) is 12.4. The first-order valence-corrected chi connectivity index (χ1v) is 7.08. The standard InChI is InChI=1S/C17H23NO2/c1-12(10-13(2)19)18-11-16-15-7-5-4-6-14(15)8-9-17(16)20-3/h4-9,12-13,18-19H,10-11H2,1-3H3.